The lowest BCUT2D eigenvalue weighted by Crippen LogP contribution is -1.90. The molecule has 0 heterocycles. The molecule has 0 saturated carbocycles. The van der Waals surface area contributed by atoms with Crippen LogP contribution in [0.5, 0.6) is 0 Å². The Hall–Kier alpha value is -0.480. The molecule has 1 rings (SSSR count). The topological polar surface area (TPSA) is 24.1 Å². The molecule has 0 bridgehead atoms. The summed E-state index contributed by atoms with van der Waals surface area (Å²) in [7, 11) is 0. The highest BCUT2D eigenvalue weighted by Gasteiger charge is 1.94. The van der Waals surface area contributed by atoms with Crippen LogP contribution < -0.4 is 9.44 Å². The van der Waals surface area contributed by atoms with E-state index in [-0.39, 0.29) is 0 Å². The molecule has 0 unspecified atom stereocenters. The minimum absolute atomic E-state index is 1.07. The Morgan fingerprint density at radius 2 is 1.50 bits per heavy atom. The van der Waals surface area contributed by atoms with Crippen molar-refractivity contribution in [2.24, 2.45) is 0 Å². The fourth-order valence-electron chi connectivity index (χ4n) is 0.957. The van der Waals surface area contributed by atoms with Crippen molar-refractivity contribution in [2.75, 3.05) is 20.9 Å². The highest BCUT2D eigenvalue weighted by molar-refractivity contribution is 8.00. The molecular formula is C10H16N2S2. The maximum absolute atomic E-state index is 3.28. The van der Waals surface area contributed by atoms with Gasteiger partial charge in [-0.05, 0) is 18.2 Å². The first-order valence-corrected chi connectivity index (χ1v) is 6.69. The molecule has 0 spiro atoms. The summed E-state index contributed by atoms with van der Waals surface area (Å²) >= 11 is 3.42. The molecule has 0 atom stereocenters. The van der Waals surface area contributed by atoms with E-state index in [0.717, 1.165) is 22.9 Å². The van der Waals surface area contributed by atoms with E-state index in [1.54, 1.807) is 23.9 Å². The van der Waals surface area contributed by atoms with Gasteiger partial charge in [-0.15, -0.1) is 0 Å². The van der Waals surface area contributed by atoms with Crippen molar-refractivity contribution in [3.63, 3.8) is 0 Å². The van der Waals surface area contributed by atoms with Crippen LogP contribution in [0.1, 0.15) is 13.8 Å². The highest BCUT2D eigenvalue weighted by atomic mass is 32.2. The third-order valence-electron chi connectivity index (χ3n) is 1.53. The second-order valence-corrected chi connectivity index (χ2v) is 4.79. The number of hydrogen-bond donors (Lipinski definition) is 2. The van der Waals surface area contributed by atoms with Crippen LogP contribution in [0.2, 0.25) is 0 Å². The lowest BCUT2D eigenvalue weighted by atomic mass is 10.3. The fraction of sp³-hybridized carbons (Fsp3) is 0.400. The van der Waals surface area contributed by atoms with E-state index in [2.05, 4.69) is 47.6 Å². The summed E-state index contributed by atoms with van der Waals surface area (Å²) in [5.41, 5.74) is 2.30. The third-order valence-corrected chi connectivity index (χ3v) is 2.87. The van der Waals surface area contributed by atoms with Gasteiger partial charge in [-0.3, -0.25) is 0 Å². The lowest BCUT2D eigenvalue weighted by molar-refractivity contribution is 1.52. The van der Waals surface area contributed by atoms with Crippen molar-refractivity contribution in [3.05, 3.63) is 24.3 Å². The molecule has 0 aliphatic rings. The van der Waals surface area contributed by atoms with Gasteiger partial charge in [0.25, 0.3) is 0 Å². The molecule has 0 radical (unpaired) electrons. The third kappa shape index (κ3) is 4.15. The zero-order valence-corrected chi connectivity index (χ0v) is 10.2. The highest BCUT2D eigenvalue weighted by Crippen LogP contribution is 2.20. The minimum Gasteiger partial charge on any atom is -0.330 e. The van der Waals surface area contributed by atoms with Gasteiger partial charge >= 0.3 is 0 Å². The normalized spacial score (nSPS) is 9.86. The Morgan fingerprint density at radius 3 is 1.93 bits per heavy atom. The quantitative estimate of drug-likeness (QED) is 0.722. The Morgan fingerprint density at radius 1 is 1.00 bits per heavy atom. The molecule has 2 N–H and O–H groups in total. The predicted octanol–water partition coefficient (Wildman–Crippen LogP) is 3.85. The van der Waals surface area contributed by atoms with Crippen LogP contribution in [0.4, 0.5) is 11.4 Å². The second-order valence-electron chi connectivity index (χ2n) is 2.65. The van der Waals surface area contributed by atoms with Gasteiger partial charge in [0.1, 0.15) is 0 Å². The van der Waals surface area contributed by atoms with Crippen LogP contribution >= 0.6 is 23.9 Å². The van der Waals surface area contributed by atoms with Crippen LogP contribution in [-0.4, -0.2) is 11.5 Å². The zero-order valence-electron chi connectivity index (χ0n) is 8.54. The average Bonchev–Trinajstić information content (AvgIpc) is 2.24. The number of benzene rings is 1. The van der Waals surface area contributed by atoms with E-state index in [1.807, 2.05) is 0 Å². The number of nitrogens with one attached hydrogen (secondary N) is 2. The van der Waals surface area contributed by atoms with Crippen molar-refractivity contribution < 1.29 is 0 Å². The Kier molecular flexibility index (Phi) is 5.71. The molecule has 0 amide bonds. The average molecular weight is 228 g/mol. The van der Waals surface area contributed by atoms with Gasteiger partial charge in [0.2, 0.25) is 0 Å². The molecule has 2 nitrogen and oxygen atoms in total. The monoisotopic (exact) mass is 228 g/mol. The van der Waals surface area contributed by atoms with Gasteiger partial charge in [-0.2, -0.15) is 0 Å². The number of anilines is 2. The molecular weight excluding hydrogens is 212 g/mol. The summed E-state index contributed by atoms with van der Waals surface area (Å²) in [6.45, 7) is 4.26. The van der Waals surface area contributed by atoms with E-state index in [4.69, 9.17) is 0 Å². The lowest BCUT2D eigenvalue weighted by Gasteiger charge is -2.07. The zero-order chi connectivity index (χ0) is 10.2. The van der Waals surface area contributed by atoms with E-state index < -0.39 is 0 Å². The van der Waals surface area contributed by atoms with E-state index in [0.29, 0.717) is 0 Å². The molecule has 0 aliphatic carbocycles. The van der Waals surface area contributed by atoms with E-state index in [1.165, 1.54) is 0 Å². The van der Waals surface area contributed by atoms with Crippen LogP contribution in [0, 0.1) is 0 Å². The maximum atomic E-state index is 3.28. The van der Waals surface area contributed by atoms with Crippen molar-refractivity contribution in [3.8, 4) is 0 Å². The first kappa shape index (κ1) is 11.6. The first-order valence-electron chi connectivity index (χ1n) is 4.72. The summed E-state index contributed by atoms with van der Waals surface area (Å²) in [5.74, 6) is 2.14. The van der Waals surface area contributed by atoms with Crippen molar-refractivity contribution in [1.29, 1.82) is 0 Å². The summed E-state index contributed by atoms with van der Waals surface area (Å²) in [6, 6.07) is 8.32. The molecule has 0 fully saturated rings. The van der Waals surface area contributed by atoms with Gasteiger partial charge in [-0.25, -0.2) is 0 Å². The fourth-order valence-corrected chi connectivity index (χ4v) is 1.83. The van der Waals surface area contributed by atoms with Crippen molar-refractivity contribution >= 4 is 35.3 Å². The first-order chi connectivity index (χ1) is 6.86. The summed E-state index contributed by atoms with van der Waals surface area (Å²) in [4.78, 5) is 0. The summed E-state index contributed by atoms with van der Waals surface area (Å²) < 4.78 is 6.56. The molecule has 1 aromatic carbocycles. The van der Waals surface area contributed by atoms with Gasteiger partial charge in [0, 0.05) is 22.9 Å². The summed E-state index contributed by atoms with van der Waals surface area (Å²) in [6.07, 6.45) is 0. The van der Waals surface area contributed by atoms with E-state index in [9.17, 15) is 0 Å². The van der Waals surface area contributed by atoms with Crippen LogP contribution in [-0.2, 0) is 0 Å². The van der Waals surface area contributed by atoms with E-state index >= 15 is 0 Å². The molecule has 4 heteroatoms. The van der Waals surface area contributed by atoms with Gasteiger partial charge in [0.15, 0.2) is 0 Å². The molecule has 78 valence electrons. The van der Waals surface area contributed by atoms with Crippen molar-refractivity contribution in [1.82, 2.24) is 0 Å². The molecule has 1 aromatic rings. The Labute approximate surface area is 94.5 Å². The smallest absolute Gasteiger partial charge is 0.0460 e. The largest absolute Gasteiger partial charge is 0.330 e. The van der Waals surface area contributed by atoms with Crippen LogP contribution in [0.25, 0.3) is 0 Å². The second kappa shape index (κ2) is 6.90. The Bertz CT molecular complexity index is 243. The number of rotatable bonds is 6. The van der Waals surface area contributed by atoms with Gasteiger partial charge in [-0.1, -0.05) is 43.8 Å². The maximum Gasteiger partial charge on any atom is 0.0460 e. The SMILES string of the molecule is CCSNc1cccc(NSCC)c1. The minimum atomic E-state index is 1.07. The van der Waals surface area contributed by atoms with Gasteiger partial charge < -0.3 is 9.44 Å². The predicted molar refractivity (Wildman–Crippen MR) is 70.0 cm³/mol. The molecule has 0 aliphatic heterocycles. The van der Waals surface area contributed by atoms with Crippen LogP contribution in [0.3, 0.4) is 0 Å². The Balaban J connectivity index is 2.50. The molecule has 0 saturated heterocycles. The molecule has 14 heavy (non-hydrogen) atoms. The molecule has 0 aromatic heterocycles. The summed E-state index contributed by atoms with van der Waals surface area (Å²) in [5, 5.41) is 0. The number of hydrogen-bond acceptors (Lipinski definition) is 4. The standard InChI is InChI=1S/C10H16N2S2/c1-3-13-11-9-6-5-7-10(8-9)12-14-4-2/h5-8,11-12H,3-4H2,1-2H3. The van der Waals surface area contributed by atoms with Crippen LogP contribution in [0.15, 0.2) is 24.3 Å². The van der Waals surface area contributed by atoms with Gasteiger partial charge in [0.05, 0.1) is 0 Å². The van der Waals surface area contributed by atoms with Crippen molar-refractivity contribution in [2.45, 2.75) is 13.8 Å².